The number of halogens is 1. The van der Waals surface area contributed by atoms with Gasteiger partial charge >= 0.3 is 5.97 Å². The van der Waals surface area contributed by atoms with Gasteiger partial charge in [-0.1, -0.05) is 11.6 Å². The Labute approximate surface area is 134 Å². The molecule has 1 heterocycles. The second-order valence-corrected chi connectivity index (χ2v) is 6.03. The van der Waals surface area contributed by atoms with E-state index in [1.807, 2.05) is 12.1 Å². The minimum absolute atomic E-state index is 0.0872. The van der Waals surface area contributed by atoms with Crippen LogP contribution in [0.25, 0.3) is 0 Å². The van der Waals surface area contributed by atoms with Gasteiger partial charge in [-0.3, -0.25) is 14.6 Å². The first-order chi connectivity index (χ1) is 10.4. The molecule has 0 unspecified atom stereocenters. The summed E-state index contributed by atoms with van der Waals surface area (Å²) in [6.45, 7) is 1.60. The van der Waals surface area contributed by atoms with E-state index in [2.05, 4.69) is 4.90 Å². The van der Waals surface area contributed by atoms with Crippen LogP contribution in [0.2, 0.25) is 5.02 Å². The Kier molecular flexibility index (Phi) is 5.63. The molecule has 0 radical (unpaired) electrons. The van der Waals surface area contributed by atoms with E-state index in [-0.39, 0.29) is 12.6 Å². The summed E-state index contributed by atoms with van der Waals surface area (Å²) in [5, 5.41) is 19.7. The first-order valence-corrected chi connectivity index (χ1v) is 7.43. The molecule has 1 aliphatic heterocycles. The maximum atomic E-state index is 10.8. The summed E-state index contributed by atoms with van der Waals surface area (Å²) in [7, 11) is 3.32. The summed E-state index contributed by atoms with van der Waals surface area (Å²) in [5.41, 5.74) is 0.948. The van der Waals surface area contributed by atoms with Crippen LogP contribution in [0, 0.1) is 0 Å². The number of rotatable bonds is 6. The fraction of sp³-hybridized carbons (Fsp3) is 0.533. The predicted octanol–water partition coefficient (Wildman–Crippen LogP) is 0.910. The number of likely N-dealkylation sites (tertiary alicyclic amines) is 1. The van der Waals surface area contributed by atoms with Gasteiger partial charge in [0.25, 0.3) is 0 Å². The Morgan fingerprint density at radius 3 is 2.86 bits per heavy atom. The van der Waals surface area contributed by atoms with Crippen LogP contribution in [0.15, 0.2) is 18.2 Å². The van der Waals surface area contributed by atoms with Crippen molar-refractivity contribution in [1.29, 1.82) is 0 Å². The Balaban J connectivity index is 2.03. The number of aliphatic hydroxyl groups is 1. The molecule has 22 heavy (non-hydrogen) atoms. The molecule has 0 bridgehead atoms. The Morgan fingerprint density at radius 2 is 2.23 bits per heavy atom. The standard InChI is InChI=1S/C15H21ClN2O4/c1-17(9-15(20)21)12-7-18(8-13(12)19)6-10-5-11(16)3-4-14(10)22-2/h3-5,12-13,19H,6-9H2,1-2H3,(H,20,21)/t12-,13+/m0/s1. The normalized spacial score (nSPS) is 22.2. The SMILES string of the molecule is COc1ccc(Cl)cc1CN1C[C@@H](O)[C@@H](N(C)CC(=O)O)C1. The summed E-state index contributed by atoms with van der Waals surface area (Å²) in [6.07, 6.45) is -0.575. The van der Waals surface area contributed by atoms with E-state index in [4.69, 9.17) is 21.4 Å². The van der Waals surface area contributed by atoms with E-state index in [0.717, 1.165) is 11.3 Å². The predicted molar refractivity (Wildman–Crippen MR) is 83.3 cm³/mol. The minimum Gasteiger partial charge on any atom is -0.496 e. The van der Waals surface area contributed by atoms with Gasteiger partial charge in [0.1, 0.15) is 5.75 Å². The van der Waals surface area contributed by atoms with Crippen LogP contribution in [0.1, 0.15) is 5.56 Å². The lowest BCUT2D eigenvalue weighted by Crippen LogP contribution is -2.43. The summed E-state index contributed by atoms with van der Waals surface area (Å²) in [5.74, 6) is -0.147. The molecule has 2 N–H and O–H groups in total. The molecule has 122 valence electrons. The Bertz CT molecular complexity index is 540. The molecule has 7 heteroatoms. The number of carboxylic acid groups (broad SMARTS) is 1. The molecule has 0 amide bonds. The van der Waals surface area contributed by atoms with Crippen molar-refractivity contribution in [3.63, 3.8) is 0 Å². The van der Waals surface area contributed by atoms with E-state index in [9.17, 15) is 9.90 Å². The first kappa shape index (κ1) is 17.0. The van der Waals surface area contributed by atoms with Crippen LogP contribution in [0.4, 0.5) is 0 Å². The molecule has 0 aromatic heterocycles. The molecule has 1 aromatic carbocycles. The third-order valence-corrected chi connectivity index (χ3v) is 4.16. The van der Waals surface area contributed by atoms with Gasteiger partial charge in [-0.15, -0.1) is 0 Å². The Morgan fingerprint density at radius 1 is 1.50 bits per heavy atom. The molecule has 2 rings (SSSR count). The molecule has 1 saturated heterocycles. The zero-order chi connectivity index (χ0) is 16.3. The van der Waals surface area contributed by atoms with E-state index in [1.165, 1.54) is 0 Å². The van der Waals surface area contributed by atoms with Gasteiger partial charge in [-0.2, -0.15) is 0 Å². The van der Waals surface area contributed by atoms with Crippen molar-refractivity contribution in [2.45, 2.75) is 18.7 Å². The number of carboxylic acids is 1. The zero-order valence-electron chi connectivity index (χ0n) is 12.7. The van der Waals surface area contributed by atoms with Crippen LogP contribution < -0.4 is 4.74 Å². The number of hydrogen-bond acceptors (Lipinski definition) is 5. The highest BCUT2D eigenvalue weighted by Gasteiger charge is 2.34. The van der Waals surface area contributed by atoms with Crippen LogP contribution in [0.3, 0.4) is 0 Å². The summed E-state index contributed by atoms with van der Waals surface area (Å²) >= 11 is 6.03. The number of ether oxygens (including phenoxy) is 1. The number of methoxy groups -OCH3 is 1. The lowest BCUT2D eigenvalue weighted by Gasteiger charge is -2.24. The molecule has 2 atom stereocenters. The third-order valence-electron chi connectivity index (χ3n) is 3.92. The highest BCUT2D eigenvalue weighted by Crippen LogP contribution is 2.26. The van der Waals surface area contributed by atoms with Crippen molar-refractivity contribution in [3.05, 3.63) is 28.8 Å². The number of aliphatic carboxylic acids is 1. The van der Waals surface area contributed by atoms with Gasteiger partial charge in [0.05, 0.1) is 19.8 Å². The van der Waals surface area contributed by atoms with Crippen molar-refractivity contribution in [1.82, 2.24) is 9.80 Å². The summed E-state index contributed by atoms with van der Waals surface area (Å²) in [4.78, 5) is 14.5. The van der Waals surface area contributed by atoms with Gasteiger partial charge in [0.2, 0.25) is 0 Å². The third kappa shape index (κ3) is 4.10. The molecule has 0 saturated carbocycles. The topological polar surface area (TPSA) is 73.2 Å². The summed E-state index contributed by atoms with van der Waals surface area (Å²) < 4.78 is 5.33. The van der Waals surface area contributed by atoms with E-state index in [0.29, 0.717) is 24.7 Å². The van der Waals surface area contributed by atoms with Gasteiger partial charge in [0.15, 0.2) is 0 Å². The Hall–Kier alpha value is -1.34. The molecule has 0 aliphatic carbocycles. The molecule has 1 aliphatic rings. The summed E-state index contributed by atoms with van der Waals surface area (Å²) in [6, 6.07) is 5.24. The second kappa shape index (κ2) is 7.28. The maximum absolute atomic E-state index is 10.8. The quantitative estimate of drug-likeness (QED) is 0.808. The molecule has 1 aromatic rings. The van der Waals surface area contributed by atoms with Crippen LogP contribution in [0.5, 0.6) is 5.75 Å². The minimum atomic E-state index is -0.898. The van der Waals surface area contributed by atoms with Crippen molar-refractivity contribution in [2.75, 3.05) is 33.8 Å². The maximum Gasteiger partial charge on any atom is 0.317 e. The number of benzene rings is 1. The number of hydrogen-bond donors (Lipinski definition) is 2. The van der Waals surface area contributed by atoms with E-state index in [1.54, 1.807) is 25.1 Å². The molecule has 6 nitrogen and oxygen atoms in total. The number of likely N-dealkylation sites (N-methyl/N-ethyl adjacent to an activating group) is 1. The van der Waals surface area contributed by atoms with E-state index >= 15 is 0 Å². The smallest absolute Gasteiger partial charge is 0.317 e. The van der Waals surface area contributed by atoms with Crippen LogP contribution in [-0.4, -0.2) is 71.9 Å². The lowest BCUT2D eigenvalue weighted by atomic mass is 10.2. The highest BCUT2D eigenvalue weighted by atomic mass is 35.5. The number of aliphatic hydroxyl groups excluding tert-OH is 1. The number of β-amino-alcohol motifs (C(OH)–C–C–N with tert-alkyl or cyclic N) is 1. The van der Waals surface area contributed by atoms with Gasteiger partial charge in [-0.05, 0) is 25.2 Å². The second-order valence-electron chi connectivity index (χ2n) is 5.59. The van der Waals surface area contributed by atoms with Crippen molar-refractivity contribution in [3.8, 4) is 5.75 Å². The fourth-order valence-electron chi connectivity index (χ4n) is 2.85. The van der Waals surface area contributed by atoms with E-state index < -0.39 is 12.1 Å². The highest BCUT2D eigenvalue weighted by molar-refractivity contribution is 6.30. The number of nitrogens with zero attached hydrogens (tertiary/aromatic N) is 2. The molecular weight excluding hydrogens is 308 g/mol. The van der Waals surface area contributed by atoms with Gasteiger partial charge < -0.3 is 14.9 Å². The van der Waals surface area contributed by atoms with Crippen molar-refractivity contribution in [2.24, 2.45) is 0 Å². The monoisotopic (exact) mass is 328 g/mol. The van der Waals surface area contributed by atoms with Gasteiger partial charge in [-0.25, -0.2) is 0 Å². The lowest BCUT2D eigenvalue weighted by molar-refractivity contribution is -0.138. The van der Waals surface area contributed by atoms with Crippen molar-refractivity contribution < 1.29 is 19.7 Å². The molecule has 0 spiro atoms. The van der Waals surface area contributed by atoms with Crippen molar-refractivity contribution >= 4 is 17.6 Å². The average molecular weight is 329 g/mol. The van der Waals surface area contributed by atoms with Crippen LogP contribution in [-0.2, 0) is 11.3 Å². The zero-order valence-corrected chi connectivity index (χ0v) is 13.5. The first-order valence-electron chi connectivity index (χ1n) is 7.05. The number of carbonyl (C=O) groups is 1. The average Bonchev–Trinajstić information content (AvgIpc) is 2.79. The fourth-order valence-corrected chi connectivity index (χ4v) is 3.05. The van der Waals surface area contributed by atoms with Crippen LogP contribution >= 0.6 is 11.6 Å². The molecule has 1 fully saturated rings. The molecular formula is C15H21ClN2O4. The largest absolute Gasteiger partial charge is 0.496 e. The van der Waals surface area contributed by atoms with Gasteiger partial charge in [0, 0.05) is 36.3 Å².